The monoisotopic (exact) mass is 206 g/mol. The third-order valence-corrected chi connectivity index (χ3v) is 2.73. The SMILES string of the molecule is CC(C)c1ccnc(NCC2COC2)c1. The van der Waals surface area contributed by atoms with Gasteiger partial charge in [-0.05, 0) is 23.6 Å². The van der Waals surface area contributed by atoms with E-state index in [-0.39, 0.29) is 0 Å². The van der Waals surface area contributed by atoms with Crippen molar-refractivity contribution in [3.8, 4) is 0 Å². The highest BCUT2D eigenvalue weighted by atomic mass is 16.5. The Morgan fingerprint density at radius 1 is 1.53 bits per heavy atom. The van der Waals surface area contributed by atoms with Gasteiger partial charge in [0.05, 0.1) is 13.2 Å². The summed E-state index contributed by atoms with van der Waals surface area (Å²) in [5.74, 6) is 2.20. The van der Waals surface area contributed by atoms with E-state index >= 15 is 0 Å². The first-order valence-electron chi connectivity index (χ1n) is 5.53. The van der Waals surface area contributed by atoms with Crippen LogP contribution in [-0.2, 0) is 4.74 Å². The van der Waals surface area contributed by atoms with Crippen LogP contribution in [0.15, 0.2) is 18.3 Å². The molecule has 1 fully saturated rings. The van der Waals surface area contributed by atoms with Crippen LogP contribution >= 0.6 is 0 Å². The molecule has 1 aromatic rings. The van der Waals surface area contributed by atoms with Crippen LogP contribution in [0, 0.1) is 5.92 Å². The zero-order valence-electron chi connectivity index (χ0n) is 9.36. The van der Waals surface area contributed by atoms with Crippen molar-refractivity contribution < 1.29 is 4.74 Å². The molecule has 0 spiro atoms. The van der Waals surface area contributed by atoms with E-state index in [9.17, 15) is 0 Å². The Kier molecular flexibility index (Phi) is 3.21. The summed E-state index contributed by atoms with van der Waals surface area (Å²) in [5, 5.41) is 3.35. The highest BCUT2D eigenvalue weighted by Crippen LogP contribution is 2.17. The van der Waals surface area contributed by atoms with Gasteiger partial charge in [-0.1, -0.05) is 13.8 Å². The average Bonchev–Trinajstić information content (AvgIpc) is 2.16. The van der Waals surface area contributed by atoms with Crippen molar-refractivity contribution in [2.45, 2.75) is 19.8 Å². The van der Waals surface area contributed by atoms with Gasteiger partial charge < -0.3 is 10.1 Å². The number of nitrogens with one attached hydrogen (secondary N) is 1. The maximum absolute atomic E-state index is 5.12. The first-order chi connectivity index (χ1) is 7.25. The van der Waals surface area contributed by atoms with Gasteiger partial charge in [0, 0.05) is 18.7 Å². The number of hydrogen-bond acceptors (Lipinski definition) is 3. The van der Waals surface area contributed by atoms with Crippen molar-refractivity contribution in [3.05, 3.63) is 23.9 Å². The molecule has 0 aliphatic carbocycles. The lowest BCUT2D eigenvalue weighted by Crippen LogP contribution is -2.33. The van der Waals surface area contributed by atoms with Gasteiger partial charge in [-0.25, -0.2) is 4.98 Å². The number of anilines is 1. The molecule has 0 atom stereocenters. The summed E-state index contributed by atoms with van der Waals surface area (Å²) >= 11 is 0. The van der Waals surface area contributed by atoms with E-state index in [0.717, 1.165) is 25.6 Å². The molecule has 2 rings (SSSR count). The lowest BCUT2D eigenvalue weighted by molar-refractivity contribution is -0.0248. The average molecular weight is 206 g/mol. The smallest absolute Gasteiger partial charge is 0.126 e. The van der Waals surface area contributed by atoms with Gasteiger partial charge in [-0.15, -0.1) is 0 Å². The van der Waals surface area contributed by atoms with E-state index in [2.05, 4.69) is 36.3 Å². The maximum atomic E-state index is 5.12. The number of pyridine rings is 1. The topological polar surface area (TPSA) is 34.2 Å². The lowest BCUT2D eigenvalue weighted by Gasteiger charge is -2.26. The van der Waals surface area contributed by atoms with Crippen LogP contribution in [0.4, 0.5) is 5.82 Å². The Morgan fingerprint density at radius 3 is 2.93 bits per heavy atom. The van der Waals surface area contributed by atoms with Crippen LogP contribution in [0.2, 0.25) is 0 Å². The first kappa shape index (κ1) is 10.4. The van der Waals surface area contributed by atoms with Gasteiger partial charge in [0.15, 0.2) is 0 Å². The number of nitrogens with zero attached hydrogens (tertiary/aromatic N) is 1. The van der Waals surface area contributed by atoms with Crippen LogP contribution < -0.4 is 5.32 Å². The summed E-state index contributed by atoms with van der Waals surface area (Å²) in [4.78, 5) is 4.30. The minimum atomic E-state index is 0.556. The summed E-state index contributed by atoms with van der Waals surface area (Å²) in [6, 6.07) is 4.20. The Hall–Kier alpha value is -1.09. The van der Waals surface area contributed by atoms with Gasteiger partial charge in [0.1, 0.15) is 5.82 Å². The van der Waals surface area contributed by atoms with Crippen molar-refractivity contribution in [2.75, 3.05) is 25.1 Å². The van der Waals surface area contributed by atoms with Crippen LogP contribution in [0.5, 0.6) is 0 Å². The number of hydrogen-bond donors (Lipinski definition) is 1. The molecule has 1 aliphatic rings. The number of rotatable bonds is 4. The zero-order valence-corrected chi connectivity index (χ0v) is 9.36. The zero-order chi connectivity index (χ0) is 10.7. The molecule has 0 amide bonds. The fraction of sp³-hybridized carbons (Fsp3) is 0.583. The van der Waals surface area contributed by atoms with Crippen molar-refractivity contribution in [1.82, 2.24) is 4.98 Å². The van der Waals surface area contributed by atoms with E-state index < -0.39 is 0 Å². The predicted octanol–water partition coefficient (Wildman–Crippen LogP) is 2.26. The Labute approximate surface area is 90.9 Å². The van der Waals surface area contributed by atoms with E-state index in [1.807, 2.05) is 6.20 Å². The van der Waals surface area contributed by atoms with Crippen LogP contribution in [0.1, 0.15) is 25.3 Å². The summed E-state index contributed by atoms with van der Waals surface area (Å²) in [6.07, 6.45) is 1.87. The van der Waals surface area contributed by atoms with Crippen LogP contribution in [-0.4, -0.2) is 24.7 Å². The molecular formula is C12H18N2O. The second-order valence-corrected chi connectivity index (χ2v) is 4.41. The molecule has 2 heterocycles. The number of aromatic nitrogens is 1. The van der Waals surface area contributed by atoms with Crippen molar-refractivity contribution in [1.29, 1.82) is 0 Å². The molecule has 1 aromatic heterocycles. The van der Waals surface area contributed by atoms with Gasteiger partial charge in [-0.2, -0.15) is 0 Å². The molecule has 0 radical (unpaired) electrons. The summed E-state index contributed by atoms with van der Waals surface area (Å²) < 4.78 is 5.12. The molecule has 1 aliphatic heterocycles. The summed E-state index contributed by atoms with van der Waals surface area (Å²) in [5.41, 5.74) is 1.33. The normalized spacial score (nSPS) is 16.5. The van der Waals surface area contributed by atoms with Crippen molar-refractivity contribution in [3.63, 3.8) is 0 Å². The Bertz CT molecular complexity index is 321. The third-order valence-electron chi connectivity index (χ3n) is 2.73. The largest absolute Gasteiger partial charge is 0.381 e. The number of ether oxygens (including phenoxy) is 1. The van der Waals surface area contributed by atoms with E-state index in [0.29, 0.717) is 11.8 Å². The van der Waals surface area contributed by atoms with Crippen molar-refractivity contribution >= 4 is 5.82 Å². The molecule has 0 unspecified atom stereocenters. The maximum Gasteiger partial charge on any atom is 0.126 e. The highest BCUT2D eigenvalue weighted by molar-refractivity contribution is 5.38. The quantitative estimate of drug-likeness (QED) is 0.820. The van der Waals surface area contributed by atoms with Gasteiger partial charge in [-0.3, -0.25) is 0 Å². The molecule has 1 saturated heterocycles. The van der Waals surface area contributed by atoms with Gasteiger partial charge in [0.25, 0.3) is 0 Å². The third kappa shape index (κ3) is 2.69. The fourth-order valence-corrected chi connectivity index (χ4v) is 1.55. The summed E-state index contributed by atoms with van der Waals surface area (Å²) in [7, 11) is 0. The standard InChI is InChI=1S/C12H18N2O/c1-9(2)11-3-4-13-12(5-11)14-6-10-7-15-8-10/h3-5,9-10H,6-8H2,1-2H3,(H,13,14). The highest BCUT2D eigenvalue weighted by Gasteiger charge is 2.17. The summed E-state index contributed by atoms with van der Waals surface area (Å²) in [6.45, 7) is 7.13. The van der Waals surface area contributed by atoms with E-state index in [1.54, 1.807) is 0 Å². The molecule has 15 heavy (non-hydrogen) atoms. The fourth-order valence-electron chi connectivity index (χ4n) is 1.55. The van der Waals surface area contributed by atoms with Crippen LogP contribution in [0.25, 0.3) is 0 Å². The molecule has 0 aromatic carbocycles. The Balaban J connectivity index is 1.92. The molecule has 0 bridgehead atoms. The predicted molar refractivity (Wildman–Crippen MR) is 61.1 cm³/mol. The molecule has 1 N–H and O–H groups in total. The van der Waals surface area contributed by atoms with Gasteiger partial charge in [0.2, 0.25) is 0 Å². The first-order valence-corrected chi connectivity index (χ1v) is 5.53. The lowest BCUT2D eigenvalue weighted by atomic mass is 10.0. The molecule has 82 valence electrons. The molecule has 0 saturated carbocycles. The minimum Gasteiger partial charge on any atom is -0.381 e. The molecule has 3 heteroatoms. The van der Waals surface area contributed by atoms with E-state index in [1.165, 1.54) is 5.56 Å². The van der Waals surface area contributed by atoms with Crippen LogP contribution in [0.3, 0.4) is 0 Å². The van der Waals surface area contributed by atoms with Crippen molar-refractivity contribution in [2.24, 2.45) is 5.92 Å². The molecular weight excluding hydrogens is 188 g/mol. The second kappa shape index (κ2) is 4.62. The second-order valence-electron chi connectivity index (χ2n) is 4.41. The minimum absolute atomic E-state index is 0.556. The van der Waals surface area contributed by atoms with Gasteiger partial charge >= 0.3 is 0 Å². The molecule has 3 nitrogen and oxygen atoms in total. The van der Waals surface area contributed by atoms with E-state index in [4.69, 9.17) is 4.74 Å². The Morgan fingerprint density at radius 2 is 2.33 bits per heavy atom.